The van der Waals surface area contributed by atoms with Crippen molar-refractivity contribution >= 4 is 46.1 Å². The monoisotopic (exact) mass is 510 g/mol. The molecule has 35 heavy (non-hydrogen) atoms. The summed E-state index contributed by atoms with van der Waals surface area (Å²) in [6.07, 6.45) is 1.75. The van der Waals surface area contributed by atoms with Crippen molar-refractivity contribution in [2.45, 2.75) is 13.5 Å². The third-order valence-electron chi connectivity index (χ3n) is 6.21. The molecular weight excluding hydrogens is 488 g/mol. The lowest BCUT2D eigenvalue weighted by Gasteiger charge is -2.32. The molecule has 0 bridgehead atoms. The van der Waals surface area contributed by atoms with Crippen LogP contribution in [0.4, 0.5) is 5.82 Å². The molecule has 0 spiro atoms. The van der Waals surface area contributed by atoms with Crippen LogP contribution in [0.15, 0.2) is 27.9 Å². The van der Waals surface area contributed by atoms with Crippen LogP contribution in [0.25, 0.3) is 6.08 Å². The van der Waals surface area contributed by atoms with Gasteiger partial charge in [0.25, 0.3) is 11.5 Å². The van der Waals surface area contributed by atoms with E-state index in [4.69, 9.17) is 26.4 Å². The molecule has 2 fully saturated rings. The molecule has 0 unspecified atom stereocenters. The van der Waals surface area contributed by atoms with E-state index < -0.39 is 0 Å². The fourth-order valence-corrected chi connectivity index (χ4v) is 5.60. The van der Waals surface area contributed by atoms with Crippen molar-refractivity contribution in [2.24, 2.45) is 7.05 Å². The van der Waals surface area contributed by atoms with Crippen molar-refractivity contribution in [1.82, 2.24) is 9.47 Å². The van der Waals surface area contributed by atoms with E-state index >= 15 is 0 Å². The van der Waals surface area contributed by atoms with Gasteiger partial charge in [-0.15, -0.1) is 0 Å². The maximum Gasteiger partial charge on any atom is 0.270 e. The number of anilines is 1. The zero-order valence-electron chi connectivity index (χ0n) is 19.2. The Morgan fingerprint density at radius 2 is 1.94 bits per heavy atom. The van der Waals surface area contributed by atoms with Gasteiger partial charge in [-0.05, 0) is 36.3 Å². The molecule has 11 heteroatoms. The van der Waals surface area contributed by atoms with Gasteiger partial charge in [0.1, 0.15) is 21.8 Å². The first kappa shape index (κ1) is 23.4. The first-order chi connectivity index (χ1) is 16.9. The van der Waals surface area contributed by atoms with Gasteiger partial charge in [-0.1, -0.05) is 30.0 Å². The predicted octanol–water partition coefficient (Wildman–Crippen LogP) is 2.53. The molecule has 0 radical (unpaired) electrons. The molecule has 1 amide bonds. The van der Waals surface area contributed by atoms with Crippen LogP contribution >= 0.6 is 24.0 Å². The summed E-state index contributed by atoms with van der Waals surface area (Å²) in [5.74, 6) is 1.75. The first-order valence-corrected chi connectivity index (χ1v) is 12.2. The van der Waals surface area contributed by atoms with E-state index in [9.17, 15) is 14.9 Å². The summed E-state index contributed by atoms with van der Waals surface area (Å²) in [6.45, 7) is 4.48. The lowest BCUT2D eigenvalue weighted by molar-refractivity contribution is -0.122. The Labute approximate surface area is 211 Å². The predicted molar refractivity (Wildman–Crippen MR) is 135 cm³/mol. The fourth-order valence-electron chi connectivity index (χ4n) is 4.36. The van der Waals surface area contributed by atoms with Crippen LogP contribution in [0, 0.1) is 18.3 Å². The molecule has 4 heterocycles. The second-order valence-corrected chi connectivity index (χ2v) is 9.94. The molecule has 9 nitrogen and oxygen atoms in total. The number of thiocarbonyl (C=S) groups is 1. The number of nitriles is 1. The number of aromatic nitrogens is 1. The Hall–Kier alpha value is -3.33. The standard InChI is InChI=1S/C24H22N4O5S2/c1-14-16(21(27-5-7-31-8-6-27)26(2)22(29)17(14)11-25)10-20-23(30)28(24(34)35-20)12-15-3-4-18-19(9-15)33-13-32-18/h3-4,9-10H,5-8,12-13H2,1-2H3/b20-10-. The first-order valence-electron chi connectivity index (χ1n) is 11.0. The van der Waals surface area contributed by atoms with Gasteiger partial charge in [0.05, 0.1) is 24.7 Å². The van der Waals surface area contributed by atoms with E-state index in [0.717, 1.165) is 5.56 Å². The molecule has 0 atom stereocenters. The van der Waals surface area contributed by atoms with Gasteiger partial charge in [-0.25, -0.2) is 0 Å². The van der Waals surface area contributed by atoms with Crippen molar-refractivity contribution < 1.29 is 19.0 Å². The largest absolute Gasteiger partial charge is 0.454 e. The van der Waals surface area contributed by atoms with E-state index in [1.165, 1.54) is 16.3 Å². The molecule has 0 aliphatic carbocycles. The van der Waals surface area contributed by atoms with Crippen LogP contribution in [-0.2, 0) is 23.1 Å². The van der Waals surface area contributed by atoms with Crippen molar-refractivity contribution in [2.75, 3.05) is 38.0 Å². The number of pyridine rings is 1. The minimum atomic E-state index is -0.362. The number of amides is 1. The van der Waals surface area contributed by atoms with Crippen LogP contribution in [0.2, 0.25) is 0 Å². The van der Waals surface area contributed by atoms with E-state index in [1.807, 2.05) is 24.3 Å². The molecule has 2 saturated heterocycles. The Kier molecular flexibility index (Phi) is 6.27. The quantitative estimate of drug-likeness (QED) is 0.454. The summed E-state index contributed by atoms with van der Waals surface area (Å²) in [5.41, 5.74) is 1.77. The number of fused-ring (bicyclic) bond motifs is 1. The van der Waals surface area contributed by atoms with E-state index in [-0.39, 0.29) is 23.8 Å². The van der Waals surface area contributed by atoms with Gasteiger partial charge in [0.15, 0.2) is 11.5 Å². The molecule has 3 aliphatic heterocycles. The minimum Gasteiger partial charge on any atom is -0.454 e. The maximum atomic E-state index is 13.4. The highest BCUT2D eigenvalue weighted by Crippen LogP contribution is 2.38. The molecule has 5 rings (SSSR count). The maximum absolute atomic E-state index is 13.4. The van der Waals surface area contributed by atoms with E-state index in [1.54, 1.807) is 24.9 Å². The Bertz CT molecular complexity index is 1370. The van der Waals surface area contributed by atoms with E-state index in [0.29, 0.717) is 70.5 Å². The van der Waals surface area contributed by atoms with Gasteiger partial charge in [-0.3, -0.25) is 19.1 Å². The van der Waals surface area contributed by atoms with Crippen LogP contribution in [0.3, 0.4) is 0 Å². The van der Waals surface area contributed by atoms with E-state index in [2.05, 4.69) is 4.90 Å². The van der Waals surface area contributed by atoms with Crippen molar-refractivity contribution in [3.8, 4) is 17.6 Å². The number of morpholine rings is 1. The van der Waals surface area contributed by atoms with Gasteiger partial charge in [0, 0.05) is 25.7 Å². The average molecular weight is 511 g/mol. The zero-order valence-corrected chi connectivity index (χ0v) is 20.8. The smallest absolute Gasteiger partial charge is 0.270 e. The number of carbonyl (C=O) groups excluding carboxylic acids is 1. The summed E-state index contributed by atoms with van der Waals surface area (Å²) < 4.78 is 18.2. The SMILES string of the molecule is Cc1c(/C=C2\SC(=S)N(Cc3ccc4c(c3)OCO4)C2=O)c(N2CCOCC2)n(C)c(=O)c1C#N. The van der Waals surface area contributed by atoms with Gasteiger partial charge in [-0.2, -0.15) is 5.26 Å². The highest BCUT2D eigenvalue weighted by molar-refractivity contribution is 8.26. The highest BCUT2D eigenvalue weighted by atomic mass is 32.2. The summed E-state index contributed by atoms with van der Waals surface area (Å²) in [5, 5.41) is 9.64. The van der Waals surface area contributed by atoms with Crippen molar-refractivity contribution in [3.05, 3.63) is 55.7 Å². The number of hydrogen-bond acceptors (Lipinski definition) is 9. The molecule has 0 saturated carbocycles. The molecule has 0 N–H and O–H groups in total. The van der Waals surface area contributed by atoms with Gasteiger partial charge in [0.2, 0.25) is 6.79 Å². The second kappa shape index (κ2) is 9.37. The summed E-state index contributed by atoms with van der Waals surface area (Å²) in [7, 11) is 1.65. The van der Waals surface area contributed by atoms with Crippen LogP contribution in [0.5, 0.6) is 11.5 Å². The molecule has 1 aromatic carbocycles. The normalized spacial score (nSPS) is 18.5. The molecule has 3 aliphatic rings. The third-order valence-corrected chi connectivity index (χ3v) is 7.58. The molecule has 1 aromatic heterocycles. The number of ether oxygens (including phenoxy) is 3. The Balaban J connectivity index is 1.52. The third kappa shape index (κ3) is 4.18. The number of rotatable bonds is 4. The zero-order chi connectivity index (χ0) is 24.7. The topological polar surface area (TPSA) is 97.0 Å². The van der Waals surface area contributed by atoms with Gasteiger partial charge >= 0.3 is 0 Å². The fraction of sp³-hybridized carbons (Fsp3) is 0.333. The average Bonchev–Trinajstić information content (AvgIpc) is 3.43. The van der Waals surface area contributed by atoms with Gasteiger partial charge < -0.3 is 19.1 Å². The van der Waals surface area contributed by atoms with Crippen LogP contribution in [-0.4, -0.2) is 52.8 Å². The summed E-state index contributed by atoms with van der Waals surface area (Å²) >= 11 is 6.74. The number of nitrogens with zero attached hydrogens (tertiary/aromatic N) is 4. The number of thioether (sulfide) groups is 1. The molecular formula is C24H22N4O5S2. The van der Waals surface area contributed by atoms with Crippen LogP contribution < -0.4 is 19.9 Å². The lowest BCUT2D eigenvalue weighted by Crippen LogP contribution is -2.40. The van der Waals surface area contributed by atoms with Crippen molar-refractivity contribution in [3.63, 3.8) is 0 Å². The Morgan fingerprint density at radius 1 is 1.20 bits per heavy atom. The molecule has 180 valence electrons. The summed E-state index contributed by atoms with van der Waals surface area (Å²) in [6, 6.07) is 7.56. The summed E-state index contributed by atoms with van der Waals surface area (Å²) in [4.78, 5) is 30.3. The van der Waals surface area contributed by atoms with Crippen molar-refractivity contribution in [1.29, 1.82) is 5.26 Å². The number of carbonyl (C=O) groups is 1. The Morgan fingerprint density at radius 3 is 2.69 bits per heavy atom. The van der Waals surface area contributed by atoms with Crippen LogP contribution in [0.1, 0.15) is 22.3 Å². The number of benzene rings is 1. The highest BCUT2D eigenvalue weighted by Gasteiger charge is 2.33. The lowest BCUT2D eigenvalue weighted by atomic mass is 10.0. The molecule has 2 aromatic rings. The minimum absolute atomic E-state index is 0.0617. The number of hydrogen-bond donors (Lipinski definition) is 0. The second-order valence-electron chi connectivity index (χ2n) is 8.27.